The number of carbonyl (C=O) groups excluding carboxylic acids is 1. The minimum absolute atomic E-state index is 0.0902. The van der Waals surface area contributed by atoms with Crippen LogP contribution in [0.25, 0.3) is 0 Å². The van der Waals surface area contributed by atoms with Crippen LogP contribution in [-0.4, -0.2) is 32.0 Å². The first-order valence-electron chi connectivity index (χ1n) is 11.1. The summed E-state index contributed by atoms with van der Waals surface area (Å²) < 4.78 is 8.00. The Morgan fingerprint density at radius 2 is 1.90 bits per heavy atom. The molecule has 1 aliphatic carbocycles. The fourth-order valence-corrected chi connectivity index (χ4v) is 4.47. The number of aromatic nitrogens is 3. The normalized spacial score (nSPS) is 15.9. The average Bonchev–Trinajstić information content (AvgIpc) is 3.13. The molecule has 1 saturated carbocycles. The van der Waals surface area contributed by atoms with E-state index in [1.54, 1.807) is 0 Å². The van der Waals surface area contributed by atoms with E-state index < -0.39 is 0 Å². The smallest absolute Gasteiger partial charge is 0.233 e. The zero-order valence-corrected chi connectivity index (χ0v) is 19.2. The lowest BCUT2D eigenvalue weighted by atomic mass is 9.95. The molecule has 1 aliphatic rings. The summed E-state index contributed by atoms with van der Waals surface area (Å²) in [6, 6.07) is 10.1. The van der Waals surface area contributed by atoms with Gasteiger partial charge in [-0.3, -0.25) is 4.79 Å². The van der Waals surface area contributed by atoms with E-state index in [2.05, 4.69) is 33.9 Å². The molecule has 0 radical (unpaired) electrons. The molecule has 7 heteroatoms. The van der Waals surface area contributed by atoms with Gasteiger partial charge in [0.2, 0.25) is 5.91 Å². The summed E-state index contributed by atoms with van der Waals surface area (Å²) in [6.07, 6.45) is 6.90. The van der Waals surface area contributed by atoms with Gasteiger partial charge in [-0.25, -0.2) is 0 Å². The first kappa shape index (κ1) is 22.7. The quantitative estimate of drug-likeness (QED) is 0.547. The summed E-state index contributed by atoms with van der Waals surface area (Å²) in [6.45, 7) is 7.54. The maximum Gasteiger partial charge on any atom is 0.233 e. The van der Waals surface area contributed by atoms with Gasteiger partial charge >= 0.3 is 0 Å². The van der Waals surface area contributed by atoms with Crippen molar-refractivity contribution in [3.05, 3.63) is 36.2 Å². The molecule has 0 bridgehead atoms. The molecule has 164 valence electrons. The Morgan fingerprint density at radius 1 is 1.17 bits per heavy atom. The van der Waals surface area contributed by atoms with E-state index in [1.807, 2.05) is 37.3 Å². The molecule has 1 fully saturated rings. The van der Waals surface area contributed by atoms with Gasteiger partial charge in [0.05, 0.1) is 5.25 Å². The lowest BCUT2D eigenvalue weighted by molar-refractivity contribution is -0.121. The van der Waals surface area contributed by atoms with Gasteiger partial charge in [0.25, 0.3) is 0 Å². The number of benzene rings is 1. The van der Waals surface area contributed by atoms with Crippen LogP contribution in [0.4, 0.5) is 0 Å². The van der Waals surface area contributed by atoms with Gasteiger partial charge in [-0.1, -0.05) is 63.1 Å². The highest BCUT2D eigenvalue weighted by Crippen LogP contribution is 2.25. The van der Waals surface area contributed by atoms with Crippen molar-refractivity contribution in [2.45, 2.75) is 88.9 Å². The third-order valence-electron chi connectivity index (χ3n) is 5.44. The lowest BCUT2D eigenvalue weighted by Crippen LogP contribution is -2.40. The number of hydrogen-bond acceptors (Lipinski definition) is 5. The van der Waals surface area contributed by atoms with E-state index in [4.69, 9.17) is 4.74 Å². The van der Waals surface area contributed by atoms with Crippen LogP contribution >= 0.6 is 11.8 Å². The number of ether oxygens (including phenoxy) is 1. The number of carbonyl (C=O) groups is 1. The molecule has 1 amide bonds. The van der Waals surface area contributed by atoms with Crippen LogP contribution in [0, 0.1) is 5.92 Å². The lowest BCUT2D eigenvalue weighted by Gasteiger charge is -2.24. The summed E-state index contributed by atoms with van der Waals surface area (Å²) >= 11 is 1.48. The second-order valence-corrected chi connectivity index (χ2v) is 9.75. The second kappa shape index (κ2) is 11.4. The predicted molar refractivity (Wildman–Crippen MR) is 121 cm³/mol. The molecule has 0 aliphatic heterocycles. The number of hydrogen-bond donors (Lipinski definition) is 1. The molecule has 1 heterocycles. The molecule has 1 N–H and O–H groups in total. The summed E-state index contributed by atoms with van der Waals surface area (Å²) in [4.78, 5) is 12.7. The van der Waals surface area contributed by atoms with E-state index in [0.29, 0.717) is 18.6 Å². The molecular weight excluding hydrogens is 396 g/mol. The van der Waals surface area contributed by atoms with Crippen LogP contribution < -0.4 is 10.1 Å². The van der Waals surface area contributed by atoms with Crippen molar-refractivity contribution in [2.24, 2.45) is 5.92 Å². The van der Waals surface area contributed by atoms with E-state index >= 15 is 0 Å². The van der Waals surface area contributed by atoms with E-state index in [1.165, 1.54) is 31.0 Å². The molecule has 6 nitrogen and oxygen atoms in total. The average molecular weight is 431 g/mol. The highest BCUT2D eigenvalue weighted by molar-refractivity contribution is 8.00. The van der Waals surface area contributed by atoms with Crippen LogP contribution in [0.15, 0.2) is 35.5 Å². The van der Waals surface area contributed by atoms with Crippen molar-refractivity contribution in [3.63, 3.8) is 0 Å². The fourth-order valence-electron chi connectivity index (χ4n) is 3.57. The van der Waals surface area contributed by atoms with Gasteiger partial charge in [0, 0.05) is 12.6 Å². The zero-order valence-electron chi connectivity index (χ0n) is 18.3. The summed E-state index contributed by atoms with van der Waals surface area (Å²) in [7, 11) is 0. The van der Waals surface area contributed by atoms with Gasteiger partial charge in [-0.15, -0.1) is 10.2 Å². The number of nitrogens with one attached hydrogen (secondary N) is 1. The maximum atomic E-state index is 12.7. The van der Waals surface area contributed by atoms with Crippen molar-refractivity contribution in [3.8, 4) is 5.75 Å². The SMILES string of the molecule is CC(C)CCn1c(COc2ccccc2)nnc1SC(C)C(=O)NC1CCCCC1. The molecule has 1 atom stereocenters. The molecule has 2 aromatic rings. The molecule has 0 saturated heterocycles. The monoisotopic (exact) mass is 430 g/mol. The topological polar surface area (TPSA) is 69.0 Å². The molecule has 1 aromatic heterocycles. The highest BCUT2D eigenvalue weighted by Gasteiger charge is 2.23. The van der Waals surface area contributed by atoms with Crippen molar-refractivity contribution >= 4 is 17.7 Å². The third-order valence-corrected chi connectivity index (χ3v) is 6.52. The first-order valence-corrected chi connectivity index (χ1v) is 12.0. The predicted octanol–water partition coefficient (Wildman–Crippen LogP) is 4.83. The molecule has 1 unspecified atom stereocenters. The minimum atomic E-state index is -0.211. The van der Waals surface area contributed by atoms with E-state index in [-0.39, 0.29) is 11.2 Å². The maximum absolute atomic E-state index is 12.7. The molecule has 30 heavy (non-hydrogen) atoms. The van der Waals surface area contributed by atoms with Crippen molar-refractivity contribution in [1.29, 1.82) is 0 Å². The van der Waals surface area contributed by atoms with Crippen LogP contribution in [0.3, 0.4) is 0 Å². The van der Waals surface area contributed by atoms with Crippen molar-refractivity contribution < 1.29 is 9.53 Å². The Kier molecular flexibility index (Phi) is 8.61. The Balaban J connectivity index is 1.64. The van der Waals surface area contributed by atoms with Gasteiger partial charge < -0.3 is 14.6 Å². The molecule has 0 spiro atoms. The Morgan fingerprint density at radius 3 is 2.60 bits per heavy atom. The standard InChI is InChI=1S/C23H34N4O2S/c1-17(2)14-15-27-21(16-29-20-12-8-5-9-13-20)25-26-23(27)30-18(3)22(28)24-19-10-6-4-7-11-19/h5,8-9,12-13,17-19H,4,6-7,10-11,14-16H2,1-3H3,(H,24,28). The van der Waals surface area contributed by atoms with Crippen LogP contribution in [0.2, 0.25) is 0 Å². The van der Waals surface area contributed by atoms with Crippen LogP contribution in [-0.2, 0) is 17.9 Å². The summed E-state index contributed by atoms with van der Waals surface area (Å²) in [5.41, 5.74) is 0. The Hall–Kier alpha value is -2.02. The van der Waals surface area contributed by atoms with Crippen molar-refractivity contribution in [2.75, 3.05) is 0 Å². The van der Waals surface area contributed by atoms with Crippen LogP contribution in [0.5, 0.6) is 5.75 Å². The zero-order chi connectivity index (χ0) is 21.3. The number of nitrogens with zero attached hydrogens (tertiary/aromatic N) is 3. The minimum Gasteiger partial charge on any atom is -0.486 e. The van der Waals surface area contributed by atoms with Gasteiger partial charge in [0.15, 0.2) is 11.0 Å². The van der Waals surface area contributed by atoms with Gasteiger partial charge in [0.1, 0.15) is 12.4 Å². The second-order valence-electron chi connectivity index (χ2n) is 8.44. The molecule has 3 rings (SSSR count). The van der Waals surface area contributed by atoms with E-state index in [9.17, 15) is 4.79 Å². The summed E-state index contributed by atoms with van der Waals surface area (Å²) in [5, 5.41) is 12.6. The van der Waals surface area contributed by atoms with Crippen molar-refractivity contribution in [1.82, 2.24) is 20.1 Å². The Bertz CT molecular complexity index is 788. The summed E-state index contributed by atoms with van der Waals surface area (Å²) in [5.74, 6) is 2.26. The Labute approximate surface area is 184 Å². The van der Waals surface area contributed by atoms with Gasteiger partial charge in [-0.2, -0.15) is 0 Å². The molecule has 1 aromatic carbocycles. The third kappa shape index (κ3) is 6.76. The van der Waals surface area contributed by atoms with E-state index in [0.717, 1.165) is 42.5 Å². The fraction of sp³-hybridized carbons (Fsp3) is 0.609. The number of amides is 1. The number of para-hydroxylation sites is 1. The molecular formula is C23H34N4O2S. The highest BCUT2D eigenvalue weighted by atomic mass is 32.2. The van der Waals surface area contributed by atoms with Crippen LogP contribution in [0.1, 0.15) is 65.1 Å². The largest absolute Gasteiger partial charge is 0.486 e. The number of rotatable bonds is 10. The number of thioether (sulfide) groups is 1. The van der Waals surface area contributed by atoms with Gasteiger partial charge in [-0.05, 0) is 44.2 Å². The first-order chi connectivity index (χ1) is 14.5.